The van der Waals surface area contributed by atoms with Crippen LogP contribution in [0.3, 0.4) is 0 Å². The van der Waals surface area contributed by atoms with Gasteiger partial charge in [0.1, 0.15) is 0 Å². The molecule has 0 saturated heterocycles. The highest BCUT2D eigenvalue weighted by molar-refractivity contribution is 9.09. The van der Waals surface area contributed by atoms with Crippen molar-refractivity contribution < 1.29 is 4.43 Å². The summed E-state index contributed by atoms with van der Waals surface area (Å²) in [6.45, 7) is 14.7. The van der Waals surface area contributed by atoms with E-state index in [1.807, 2.05) is 0 Å². The topological polar surface area (TPSA) is 9.23 Å². The zero-order valence-electron chi connectivity index (χ0n) is 10.4. The fraction of sp³-hybridized carbons (Fsp3) is 1.00. The van der Waals surface area contributed by atoms with E-state index in [-0.39, 0.29) is 0 Å². The van der Waals surface area contributed by atoms with Gasteiger partial charge in [-0.25, -0.2) is 0 Å². The molecule has 0 unspecified atom stereocenters. The minimum absolute atomic E-state index is 0.315. The third-order valence-corrected chi connectivity index (χ3v) is 5.67. The Morgan fingerprint density at radius 1 is 1.00 bits per heavy atom. The van der Waals surface area contributed by atoms with E-state index in [2.05, 4.69) is 57.5 Å². The largest absolute Gasteiger partial charge is 0.416 e. The maximum Gasteiger partial charge on any atom is 0.222 e. The Bertz CT molecular complexity index is 144. The van der Waals surface area contributed by atoms with Gasteiger partial charge < -0.3 is 4.43 Å². The van der Waals surface area contributed by atoms with Crippen LogP contribution in [0.5, 0.6) is 0 Å². The first kappa shape index (κ1) is 14.7. The van der Waals surface area contributed by atoms with Crippen LogP contribution in [0, 0.1) is 0 Å². The van der Waals surface area contributed by atoms with Crippen LogP contribution in [-0.4, -0.2) is 21.0 Å². The average Bonchev–Trinajstić information content (AvgIpc) is 1.92. The molecule has 85 valence electrons. The van der Waals surface area contributed by atoms with Gasteiger partial charge in [0.25, 0.3) is 0 Å². The zero-order chi connectivity index (χ0) is 11.4. The molecule has 14 heavy (non-hydrogen) atoms. The molecule has 0 aromatic carbocycles. The SMILES string of the molecule is CC(C)(C)[Si](OCCCBr)C(C)(C)C. The monoisotopic (exact) mass is 279 g/mol. The molecule has 0 bridgehead atoms. The van der Waals surface area contributed by atoms with Crippen molar-refractivity contribution in [3.8, 4) is 0 Å². The molecule has 0 aliphatic carbocycles. The number of alkyl halides is 1. The van der Waals surface area contributed by atoms with Gasteiger partial charge in [0.15, 0.2) is 0 Å². The van der Waals surface area contributed by atoms with E-state index in [4.69, 9.17) is 4.43 Å². The van der Waals surface area contributed by atoms with Crippen LogP contribution in [0.25, 0.3) is 0 Å². The summed E-state index contributed by atoms with van der Waals surface area (Å²) in [7, 11) is -0.769. The minimum Gasteiger partial charge on any atom is -0.416 e. The highest BCUT2D eigenvalue weighted by atomic mass is 79.9. The maximum atomic E-state index is 6.08. The zero-order valence-corrected chi connectivity index (χ0v) is 13.0. The van der Waals surface area contributed by atoms with E-state index in [0.717, 1.165) is 18.4 Å². The van der Waals surface area contributed by atoms with Crippen molar-refractivity contribution in [2.24, 2.45) is 0 Å². The molecule has 0 N–H and O–H groups in total. The number of rotatable bonds is 4. The lowest BCUT2D eigenvalue weighted by Gasteiger charge is -2.37. The van der Waals surface area contributed by atoms with Crippen molar-refractivity contribution in [1.82, 2.24) is 0 Å². The van der Waals surface area contributed by atoms with Crippen molar-refractivity contribution in [3.63, 3.8) is 0 Å². The Kier molecular flexibility index (Phi) is 5.93. The van der Waals surface area contributed by atoms with Crippen LogP contribution in [-0.2, 0) is 4.43 Å². The number of halogens is 1. The van der Waals surface area contributed by atoms with Crippen molar-refractivity contribution in [2.75, 3.05) is 11.9 Å². The normalized spacial score (nSPS) is 13.7. The van der Waals surface area contributed by atoms with Crippen LogP contribution in [0.15, 0.2) is 0 Å². The highest BCUT2D eigenvalue weighted by Gasteiger charge is 2.39. The molecule has 3 heteroatoms. The van der Waals surface area contributed by atoms with Gasteiger partial charge in [-0.15, -0.1) is 0 Å². The Labute approximate surface area is 99.5 Å². The minimum atomic E-state index is -0.769. The van der Waals surface area contributed by atoms with Crippen LogP contribution >= 0.6 is 15.9 Å². The van der Waals surface area contributed by atoms with Gasteiger partial charge in [-0.1, -0.05) is 57.5 Å². The first-order valence-corrected chi connectivity index (χ1v) is 7.79. The predicted molar refractivity (Wildman–Crippen MR) is 69.5 cm³/mol. The second-order valence-electron chi connectivity index (χ2n) is 5.72. The lowest BCUT2D eigenvalue weighted by molar-refractivity contribution is 0.284. The summed E-state index contributed by atoms with van der Waals surface area (Å²) in [5.74, 6) is 0. The summed E-state index contributed by atoms with van der Waals surface area (Å²) in [5.41, 5.74) is 0. The predicted octanol–water partition coefficient (Wildman–Crippen LogP) is 4.38. The third-order valence-electron chi connectivity index (χ3n) is 1.89. The van der Waals surface area contributed by atoms with Gasteiger partial charge in [-0.05, 0) is 16.5 Å². The average molecular weight is 280 g/mol. The Morgan fingerprint density at radius 2 is 1.43 bits per heavy atom. The fourth-order valence-electron chi connectivity index (χ4n) is 1.79. The van der Waals surface area contributed by atoms with Gasteiger partial charge in [-0.2, -0.15) is 0 Å². The third kappa shape index (κ3) is 5.52. The smallest absolute Gasteiger partial charge is 0.222 e. The standard InChI is InChI=1S/C11H24BrOSi/c1-10(2,3)14(11(4,5)6)13-9-7-8-12/h7-9H2,1-6H3. The van der Waals surface area contributed by atoms with Crippen molar-refractivity contribution in [1.29, 1.82) is 0 Å². The molecule has 0 rings (SSSR count). The van der Waals surface area contributed by atoms with Crippen molar-refractivity contribution >= 4 is 25.0 Å². The molecule has 0 spiro atoms. The van der Waals surface area contributed by atoms with Crippen LogP contribution in [0.1, 0.15) is 48.0 Å². The van der Waals surface area contributed by atoms with E-state index in [1.165, 1.54) is 0 Å². The van der Waals surface area contributed by atoms with Crippen LogP contribution in [0.2, 0.25) is 10.1 Å². The molecule has 0 aliphatic heterocycles. The van der Waals surface area contributed by atoms with Crippen molar-refractivity contribution in [3.05, 3.63) is 0 Å². The summed E-state index contributed by atoms with van der Waals surface area (Å²) >= 11 is 3.43. The van der Waals surface area contributed by atoms with Gasteiger partial charge >= 0.3 is 0 Å². The van der Waals surface area contributed by atoms with Gasteiger partial charge in [0, 0.05) is 11.9 Å². The van der Waals surface area contributed by atoms with E-state index in [9.17, 15) is 0 Å². The van der Waals surface area contributed by atoms with E-state index >= 15 is 0 Å². The fourth-order valence-corrected chi connectivity index (χ4v) is 5.48. The Balaban J connectivity index is 4.28. The Hall–Kier alpha value is 0.657. The lowest BCUT2D eigenvalue weighted by atomic mass is 10.2. The van der Waals surface area contributed by atoms with E-state index in [1.54, 1.807) is 0 Å². The molecule has 0 aliphatic rings. The van der Waals surface area contributed by atoms with Crippen LogP contribution < -0.4 is 0 Å². The second-order valence-corrected chi connectivity index (χ2v) is 10.5. The number of hydrogen-bond donors (Lipinski definition) is 0. The molecular formula is C11H24BrOSi. The van der Waals surface area contributed by atoms with Crippen molar-refractivity contribution in [2.45, 2.75) is 58.0 Å². The summed E-state index contributed by atoms with van der Waals surface area (Å²) in [6.07, 6.45) is 1.11. The molecular weight excluding hydrogens is 256 g/mol. The molecule has 0 amide bonds. The van der Waals surface area contributed by atoms with E-state index in [0.29, 0.717) is 10.1 Å². The lowest BCUT2D eigenvalue weighted by Crippen LogP contribution is -2.38. The molecule has 0 atom stereocenters. The van der Waals surface area contributed by atoms with Gasteiger partial charge in [-0.3, -0.25) is 0 Å². The summed E-state index contributed by atoms with van der Waals surface area (Å²) in [5, 5.41) is 1.67. The quantitative estimate of drug-likeness (QED) is 0.422. The molecule has 1 radical (unpaired) electrons. The summed E-state index contributed by atoms with van der Waals surface area (Å²) in [4.78, 5) is 0. The molecule has 0 saturated carbocycles. The Morgan fingerprint density at radius 3 is 1.71 bits per heavy atom. The molecule has 0 fully saturated rings. The maximum absolute atomic E-state index is 6.08. The van der Waals surface area contributed by atoms with E-state index < -0.39 is 9.04 Å². The van der Waals surface area contributed by atoms with Crippen LogP contribution in [0.4, 0.5) is 0 Å². The molecule has 0 heterocycles. The first-order chi connectivity index (χ1) is 6.19. The highest BCUT2D eigenvalue weighted by Crippen LogP contribution is 2.42. The summed E-state index contributed by atoms with van der Waals surface area (Å²) in [6, 6.07) is 0. The van der Waals surface area contributed by atoms with Gasteiger partial charge in [0.2, 0.25) is 9.04 Å². The molecule has 1 nitrogen and oxygen atoms in total. The summed E-state index contributed by atoms with van der Waals surface area (Å²) < 4.78 is 6.08. The molecule has 0 aromatic rings. The molecule has 0 aromatic heterocycles. The second kappa shape index (κ2) is 5.66. The van der Waals surface area contributed by atoms with Gasteiger partial charge in [0.05, 0.1) is 0 Å². The number of hydrogen-bond acceptors (Lipinski definition) is 1. The first-order valence-electron chi connectivity index (χ1n) is 5.26.